The lowest BCUT2D eigenvalue weighted by atomic mass is 9.74. The van der Waals surface area contributed by atoms with Gasteiger partial charge >= 0.3 is 0 Å². The van der Waals surface area contributed by atoms with Gasteiger partial charge in [0, 0.05) is 99.3 Å². The molecule has 149 heavy (non-hydrogen) atoms. The van der Waals surface area contributed by atoms with Gasteiger partial charge in [0.25, 0.3) is 0 Å². The van der Waals surface area contributed by atoms with E-state index in [1.54, 1.807) is 106 Å². The molecule has 0 spiro atoms. The molecule has 25 nitrogen and oxygen atoms in total. The Hall–Kier alpha value is -7.57. The lowest BCUT2D eigenvalue weighted by Gasteiger charge is -2.38. The van der Waals surface area contributed by atoms with Crippen molar-refractivity contribution in [3.05, 3.63) is 219 Å². The van der Waals surface area contributed by atoms with Gasteiger partial charge in [-0.2, -0.15) is 15.7 Å². The summed E-state index contributed by atoms with van der Waals surface area (Å²) < 4.78 is 27.0. The summed E-state index contributed by atoms with van der Waals surface area (Å²) in [5, 5.41) is 45.7. The standard InChI is InChI=1S/C16H23NO.C12H16N2O.C11H14ClNOS.C11H14FNOS.2C11H15NOS.C10H13ClN2OS.C10H13FN2OS.2C10H14N2OS/c1-3-12-17-16(11-7-6-10-15(16)18)14-9-5-4-8-13(14)2;1-13-12(7-3-2-6-11(12)15)10-5-4-8-14-9-10;2*1-13-11(6-3-2-4-9(11)14)10-8(12)5-7-15-10;1-12-11(10-6-4-8-14-10)7-3-2-5-9(11)13;1-12-11(9-5-7-14-8-9)6-3-2-4-10(11)13;2*1-12-10(5-3-2-4-7(10)14)8-9(11)13-6-15-8;1-11-10(9-6-12-7-14-9)5-3-2-4-8(10)13;1-11-10(9-12-6-7-14-9)5-3-2-4-8(10)13/h4-5,8-9,17H,3,6-7,10-12H2,1-2H3;4-5,8-9,13H,2-3,6-7H2,1H3;2*5,7,13H,2-4,6H2,1H3;4,6,8,12H,2-3,5,7H2,1H3;5,7-8,12H,2-4,6H2,1H3;2*6,12H,2-5H2,1H3;2*6-7,11H,2-5H2,1H3/t16-;12-;4*11-;4*10-/m1100010000/s1. The Morgan fingerprint density at radius 1 is 0.322 bits per heavy atom. The lowest BCUT2D eigenvalue weighted by molar-refractivity contribution is -0.128. The first kappa shape index (κ1) is 122. The number of hydrogen-bond acceptors (Lipinski definition) is 33. The van der Waals surface area contributed by atoms with Gasteiger partial charge in [0.2, 0.25) is 5.95 Å². The molecule has 37 heteroatoms. The first-order chi connectivity index (χ1) is 72.0. The molecule has 0 radical (unpaired) electrons. The van der Waals surface area contributed by atoms with Crippen LogP contribution >= 0.6 is 114 Å². The molecule has 20 rings (SSSR count). The maximum atomic E-state index is 13.6. The number of Topliss-reactive ketones (excluding diaryl/α,β-unsaturated/α-hetero) is 10. The summed E-state index contributed by atoms with van der Waals surface area (Å²) in [4.78, 5) is 146. The number of nitrogens with one attached hydrogen (secondary N) is 10. The summed E-state index contributed by atoms with van der Waals surface area (Å²) in [6, 6.07) is 21.6. The normalized spacial score (nSPS) is 26.9. The maximum absolute atomic E-state index is 13.6. The first-order valence-electron chi connectivity index (χ1n) is 52.8. The number of thiophene rings is 4. The van der Waals surface area contributed by atoms with Crippen molar-refractivity contribution in [1.82, 2.24) is 78.1 Å². The summed E-state index contributed by atoms with van der Waals surface area (Å²) in [7, 11) is 16.5. The van der Waals surface area contributed by atoms with Gasteiger partial charge in [0.1, 0.15) is 71.4 Å². The quantitative estimate of drug-likeness (QED) is 0.0301. The number of halogens is 4. The second-order valence-electron chi connectivity index (χ2n) is 39.4. The van der Waals surface area contributed by atoms with Crippen molar-refractivity contribution in [3.63, 3.8) is 0 Å². The zero-order chi connectivity index (χ0) is 107. The Kier molecular flexibility index (Phi) is 47.6. The van der Waals surface area contributed by atoms with Crippen molar-refractivity contribution in [1.29, 1.82) is 0 Å². The van der Waals surface area contributed by atoms with Crippen LogP contribution in [0.15, 0.2) is 140 Å². The third-order valence-corrected chi connectivity index (χ3v) is 40.0. The largest absolute Gasteiger partial charge is 0.304 e. The molecule has 0 bridgehead atoms. The number of thiazole rings is 4. The molecular weight excluding hydrogens is 2080 g/mol. The fraction of sp³-hybridized carbons (Fsp3) is 0.562. The van der Waals surface area contributed by atoms with Crippen LogP contribution in [0.3, 0.4) is 0 Å². The summed E-state index contributed by atoms with van der Waals surface area (Å²) in [6.45, 7) is 5.15. The van der Waals surface area contributed by atoms with Crippen LogP contribution in [0.25, 0.3) is 0 Å². The van der Waals surface area contributed by atoms with E-state index in [0.29, 0.717) is 119 Å². The molecule has 9 aromatic heterocycles. The molecule has 10 aliphatic rings. The molecule has 0 saturated heterocycles. The van der Waals surface area contributed by atoms with Crippen LogP contribution in [0.1, 0.15) is 327 Å². The number of ketones is 10. The number of likely N-dealkylation sites (N-methyl/N-ethyl adjacent to an activating group) is 9. The molecule has 10 aromatic rings. The van der Waals surface area contributed by atoms with Crippen molar-refractivity contribution in [2.24, 2.45) is 0 Å². The third-order valence-electron chi connectivity index (χ3n) is 31.5. The predicted octanol–water partition coefficient (Wildman–Crippen LogP) is 22.6. The number of rotatable bonds is 22. The Balaban J connectivity index is 0.000000157. The van der Waals surface area contributed by atoms with Gasteiger partial charge in [-0.1, -0.05) is 131 Å². The molecule has 810 valence electrons. The molecule has 10 N–H and O–H groups in total. The highest BCUT2D eigenvalue weighted by molar-refractivity contribution is 7.12. The number of pyridine rings is 1. The molecule has 10 saturated carbocycles. The number of carbonyl (C=O) groups excluding carboxylic acids is 10. The van der Waals surface area contributed by atoms with Crippen LogP contribution < -0.4 is 53.2 Å². The predicted molar refractivity (Wildman–Crippen MR) is 602 cm³/mol. The summed E-state index contributed by atoms with van der Waals surface area (Å²) >= 11 is 24.2. The average Bonchev–Trinajstić information content (AvgIpc) is 1.56. The topological polar surface area (TPSA) is 355 Å². The zero-order valence-electron chi connectivity index (χ0n) is 88.2. The number of aromatic nitrogens is 5. The van der Waals surface area contributed by atoms with E-state index in [2.05, 4.69) is 122 Å². The van der Waals surface area contributed by atoms with E-state index >= 15 is 0 Å². The second-order valence-corrected chi connectivity index (χ2v) is 47.2. The van der Waals surface area contributed by atoms with Crippen LogP contribution in [0, 0.1) is 18.7 Å². The summed E-state index contributed by atoms with van der Waals surface area (Å²) in [5.41, 5.74) is 4.27. The molecule has 0 unspecified atom stereocenters. The molecule has 0 amide bonds. The molecule has 9 heterocycles. The maximum Gasteiger partial charge on any atom is 0.229 e. The lowest BCUT2D eigenvalue weighted by Crippen LogP contribution is -2.51. The van der Waals surface area contributed by atoms with Crippen molar-refractivity contribution < 1.29 is 56.7 Å². The monoisotopic (exact) mass is 2230 g/mol. The van der Waals surface area contributed by atoms with Crippen molar-refractivity contribution >= 4 is 172 Å². The van der Waals surface area contributed by atoms with Crippen LogP contribution in [-0.4, -0.2) is 153 Å². The van der Waals surface area contributed by atoms with Crippen molar-refractivity contribution in [2.75, 3.05) is 70.0 Å². The minimum Gasteiger partial charge on any atom is -0.304 e. The number of benzene rings is 1. The number of nitrogens with zero attached hydrogens (tertiary/aromatic N) is 5. The zero-order valence-corrected chi connectivity index (χ0v) is 96.2. The molecule has 1 aromatic carbocycles. The van der Waals surface area contributed by atoms with E-state index in [4.69, 9.17) is 23.2 Å². The van der Waals surface area contributed by atoms with Crippen LogP contribution in [-0.2, 0) is 103 Å². The summed E-state index contributed by atoms with van der Waals surface area (Å²) in [5.74, 6) is 1.94. The Morgan fingerprint density at radius 3 is 1.09 bits per heavy atom. The molecule has 10 aliphatic carbocycles. The van der Waals surface area contributed by atoms with Gasteiger partial charge in [-0.15, -0.1) is 79.4 Å². The molecule has 10 atom stereocenters. The Morgan fingerprint density at radius 2 is 0.732 bits per heavy atom. The van der Waals surface area contributed by atoms with E-state index in [1.165, 1.54) is 61.6 Å². The third kappa shape index (κ3) is 27.7. The SMILES string of the molecule is CCCN[C@@]1(c2ccccc2C)CCCCC1=O.CN[C@@]1(c2cccnc2)CCCCC1=O.CN[C@@]1(c2cccs2)CCCCC1=O.CN[C@@]1(c2ccsc2)CCCCC1=O.CN[C@@]1(c2cncs2)CCCCC1=O.CN[C@@]1(c2nccs2)CCCCC1=O.CN[C@@]1(c2sccc2Cl)CCCCC1=O.CN[C@@]1(c2sccc2F)CCCCC1=O.CN[C@@]1(c2scnc2Cl)CCCCC1=O.CN[C@@]1(c2scnc2F)CCCCC1=O. The van der Waals surface area contributed by atoms with Gasteiger partial charge in [-0.3, -0.25) is 57.9 Å². The molecule has 0 aliphatic heterocycles. The number of aryl methyl sites for hydroxylation is 1. The Labute approximate surface area is 920 Å². The van der Waals surface area contributed by atoms with E-state index < -0.39 is 50.3 Å². The van der Waals surface area contributed by atoms with E-state index in [1.807, 2.05) is 113 Å². The van der Waals surface area contributed by atoms with Gasteiger partial charge < -0.3 is 53.2 Å². The first-order valence-corrected chi connectivity index (χ1v) is 60.6. The fourth-order valence-corrected chi connectivity index (χ4v) is 31.0. The van der Waals surface area contributed by atoms with Crippen LogP contribution in [0.2, 0.25) is 10.2 Å². The van der Waals surface area contributed by atoms with Gasteiger partial charge in [0.05, 0.1) is 45.9 Å². The number of hydrogen-bond donors (Lipinski definition) is 10. The van der Waals surface area contributed by atoms with E-state index in [-0.39, 0.29) is 40.0 Å². The fourth-order valence-electron chi connectivity index (χ4n) is 22.8. The van der Waals surface area contributed by atoms with Crippen molar-refractivity contribution in [2.45, 2.75) is 332 Å². The van der Waals surface area contributed by atoms with Crippen LogP contribution in [0.5, 0.6) is 0 Å². The van der Waals surface area contributed by atoms with Crippen molar-refractivity contribution in [3.8, 4) is 0 Å². The summed E-state index contributed by atoms with van der Waals surface area (Å²) in [6.07, 6.45) is 44.1. The minimum absolute atomic E-state index is 0.0828. The molecule has 10 fully saturated rings. The van der Waals surface area contributed by atoms with Gasteiger partial charge in [-0.25, -0.2) is 19.3 Å². The Bertz CT molecular complexity index is 5380. The highest BCUT2D eigenvalue weighted by Gasteiger charge is 2.51. The second kappa shape index (κ2) is 58.3. The van der Waals surface area contributed by atoms with Gasteiger partial charge in [0.15, 0.2) is 57.8 Å². The van der Waals surface area contributed by atoms with Crippen LogP contribution in [0.4, 0.5) is 8.78 Å². The average molecular weight is 2230 g/mol. The van der Waals surface area contributed by atoms with E-state index in [9.17, 15) is 56.7 Å². The smallest absolute Gasteiger partial charge is 0.229 e. The van der Waals surface area contributed by atoms with Gasteiger partial charge in [-0.05, 0) is 291 Å². The minimum atomic E-state index is -0.816. The number of carbonyl (C=O) groups is 10. The van der Waals surface area contributed by atoms with E-state index in [0.717, 1.165) is 236 Å². The highest BCUT2D eigenvalue weighted by atomic mass is 35.5. The highest BCUT2D eigenvalue weighted by Crippen LogP contribution is 2.47. The molecular formula is C112H151Cl2F2N15O10S8.